The summed E-state index contributed by atoms with van der Waals surface area (Å²) in [5, 5.41) is 2.09. The Morgan fingerprint density at radius 3 is 2.38 bits per heavy atom. The molecule has 0 aliphatic rings. The van der Waals surface area contributed by atoms with E-state index in [1.807, 2.05) is 13.8 Å². The van der Waals surface area contributed by atoms with Gasteiger partial charge in [-0.3, -0.25) is 0 Å². The first-order valence-electron chi connectivity index (χ1n) is 4.81. The second-order valence-corrected chi connectivity index (χ2v) is 5.01. The van der Waals surface area contributed by atoms with Gasteiger partial charge in [0, 0.05) is 16.3 Å². The molecule has 1 aromatic heterocycles. The molecule has 1 aromatic carbocycles. The lowest BCUT2D eigenvalue weighted by molar-refractivity contribution is 0.783. The van der Waals surface area contributed by atoms with Crippen molar-refractivity contribution in [3.8, 4) is 0 Å². The maximum Gasteiger partial charge on any atom is 0.140 e. The molecule has 0 radical (unpaired) electrons. The van der Waals surface area contributed by atoms with Crippen molar-refractivity contribution >= 4 is 45.7 Å². The van der Waals surface area contributed by atoms with Gasteiger partial charge >= 0.3 is 0 Å². The van der Waals surface area contributed by atoms with Crippen LogP contribution in [0, 0.1) is 0 Å². The molecule has 0 N–H and O–H groups in total. The second kappa shape index (κ2) is 4.36. The largest absolute Gasteiger partial charge is 0.231 e. The quantitative estimate of drug-likeness (QED) is 0.704. The molecule has 0 spiro atoms. The van der Waals surface area contributed by atoms with E-state index < -0.39 is 0 Å². The number of hydrogen-bond donors (Lipinski definition) is 0. The lowest BCUT2D eigenvalue weighted by Crippen LogP contribution is -1.98. The molecule has 0 saturated carbocycles. The molecular weight excluding hydrogens is 266 g/mol. The van der Waals surface area contributed by atoms with Gasteiger partial charge in [-0.05, 0) is 12.1 Å². The Labute approximate surface area is 109 Å². The Morgan fingerprint density at radius 2 is 1.75 bits per heavy atom. The molecule has 2 rings (SSSR count). The van der Waals surface area contributed by atoms with Crippen LogP contribution in [0.3, 0.4) is 0 Å². The standard InChI is InChI=1S/C11H9Cl3N2/c1-5(2)11-15-9-7(10(14)16-11)3-6(12)4-8(9)13/h3-5H,1-2H3. The monoisotopic (exact) mass is 274 g/mol. The van der Waals surface area contributed by atoms with Crippen LogP contribution in [0.15, 0.2) is 12.1 Å². The molecule has 0 saturated heterocycles. The SMILES string of the molecule is CC(C)c1nc(Cl)c2cc(Cl)cc(Cl)c2n1. The average molecular weight is 276 g/mol. The molecule has 0 bridgehead atoms. The van der Waals surface area contributed by atoms with E-state index in [0.717, 1.165) is 0 Å². The summed E-state index contributed by atoms with van der Waals surface area (Å²) in [5.41, 5.74) is 0.648. The maximum absolute atomic E-state index is 6.08. The highest BCUT2D eigenvalue weighted by atomic mass is 35.5. The Kier molecular flexibility index (Phi) is 3.24. The van der Waals surface area contributed by atoms with Gasteiger partial charge in [0.1, 0.15) is 11.0 Å². The molecular formula is C11H9Cl3N2. The maximum atomic E-state index is 6.08. The molecule has 0 aliphatic carbocycles. The molecule has 1 heterocycles. The fraction of sp³-hybridized carbons (Fsp3) is 0.273. The summed E-state index contributed by atoms with van der Waals surface area (Å²) in [7, 11) is 0. The summed E-state index contributed by atoms with van der Waals surface area (Å²) < 4.78 is 0. The van der Waals surface area contributed by atoms with Gasteiger partial charge in [-0.1, -0.05) is 48.7 Å². The van der Waals surface area contributed by atoms with Crippen LogP contribution in [0.5, 0.6) is 0 Å². The van der Waals surface area contributed by atoms with Crippen molar-refractivity contribution in [3.63, 3.8) is 0 Å². The van der Waals surface area contributed by atoms with Crippen molar-refractivity contribution in [2.24, 2.45) is 0 Å². The van der Waals surface area contributed by atoms with Gasteiger partial charge in [0.2, 0.25) is 0 Å². The van der Waals surface area contributed by atoms with Gasteiger partial charge in [0.05, 0.1) is 10.5 Å². The van der Waals surface area contributed by atoms with Crippen LogP contribution in [0.2, 0.25) is 15.2 Å². The number of nitrogens with zero attached hydrogens (tertiary/aromatic N) is 2. The van der Waals surface area contributed by atoms with Crippen molar-refractivity contribution in [2.45, 2.75) is 19.8 Å². The number of fused-ring (bicyclic) bond motifs is 1. The van der Waals surface area contributed by atoms with Gasteiger partial charge in [-0.15, -0.1) is 0 Å². The topological polar surface area (TPSA) is 25.8 Å². The third-order valence-electron chi connectivity index (χ3n) is 2.21. The average Bonchev–Trinajstić information content (AvgIpc) is 2.19. The predicted octanol–water partition coefficient (Wildman–Crippen LogP) is 4.71. The van der Waals surface area contributed by atoms with E-state index in [2.05, 4.69) is 9.97 Å². The number of hydrogen-bond acceptors (Lipinski definition) is 2. The van der Waals surface area contributed by atoms with Gasteiger partial charge in [0.15, 0.2) is 0 Å². The molecule has 84 valence electrons. The highest BCUT2D eigenvalue weighted by molar-refractivity contribution is 6.40. The van der Waals surface area contributed by atoms with Crippen LogP contribution in [0.4, 0.5) is 0 Å². The van der Waals surface area contributed by atoms with E-state index in [9.17, 15) is 0 Å². The second-order valence-electron chi connectivity index (χ2n) is 3.81. The molecule has 0 amide bonds. The first-order valence-corrected chi connectivity index (χ1v) is 5.94. The smallest absolute Gasteiger partial charge is 0.140 e. The first-order chi connectivity index (χ1) is 7.49. The molecule has 2 nitrogen and oxygen atoms in total. The highest BCUT2D eigenvalue weighted by Crippen LogP contribution is 2.31. The lowest BCUT2D eigenvalue weighted by Gasteiger charge is -2.08. The summed E-state index contributed by atoms with van der Waals surface area (Å²) in [6.45, 7) is 4.00. The van der Waals surface area contributed by atoms with Crippen molar-refractivity contribution in [2.75, 3.05) is 0 Å². The van der Waals surface area contributed by atoms with Crippen molar-refractivity contribution in [1.82, 2.24) is 9.97 Å². The van der Waals surface area contributed by atoms with Crippen LogP contribution in [0.1, 0.15) is 25.6 Å². The minimum atomic E-state index is 0.202. The summed E-state index contributed by atoms with van der Waals surface area (Å²) in [6.07, 6.45) is 0. The molecule has 2 aromatic rings. The number of halogens is 3. The molecule has 0 fully saturated rings. The van der Waals surface area contributed by atoms with E-state index in [-0.39, 0.29) is 5.92 Å². The Hall–Kier alpha value is -0.570. The predicted molar refractivity (Wildman–Crippen MR) is 68.7 cm³/mol. The summed E-state index contributed by atoms with van der Waals surface area (Å²) in [6, 6.07) is 3.37. The number of aromatic nitrogens is 2. The fourth-order valence-corrected chi connectivity index (χ4v) is 2.16. The third-order valence-corrected chi connectivity index (χ3v) is 3.00. The Bertz CT molecular complexity index is 552. The first kappa shape index (κ1) is 11.9. The van der Waals surface area contributed by atoms with Crippen LogP contribution in [-0.4, -0.2) is 9.97 Å². The van der Waals surface area contributed by atoms with Crippen molar-refractivity contribution < 1.29 is 0 Å². The van der Waals surface area contributed by atoms with E-state index in [1.54, 1.807) is 12.1 Å². The zero-order chi connectivity index (χ0) is 11.9. The molecule has 0 unspecified atom stereocenters. The van der Waals surface area contributed by atoms with E-state index >= 15 is 0 Å². The molecule has 16 heavy (non-hydrogen) atoms. The van der Waals surface area contributed by atoms with E-state index in [1.165, 1.54) is 0 Å². The molecule has 0 aliphatic heterocycles. The van der Waals surface area contributed by atoms with Crippen LogP contribution < -0.4 is 0 Å². The molecule has 5 heteroatoms. The van der Waals surface area contributed by atoms with Gasteiger partial charge in [-0.25, -0.2) is 9.97 Å². The van der Waals surface area contributed by atoms with Crippen LogP contribution in [0.25, 0.3) is 10.9 Å². The summed E-state index contributed by atoms with van der Waals surface area (Å²) in [5.74, 6) is 0.885. The third kappa shape index (κ3) is 2.10. The molecule has 0 atom stereocenters. The van der Waals surface area contributed by atoms with Crippen molar-refractivity contribution in [3.05, 3.63) is 33.2 Å². The van der Waals surface area contributed by atoms with Crippen LogP contribution >= 0.6 is 34.8 Å². The van der Waals surface area contributed by atoms with Crippen LogP contribution in [-0.2, 0) is 0 Å². The van der Waals surface area contributed by atoms with E-state index in [0.29, 0.717) is 31.9 Å². The summed E-state index contributed by atoms with van der Waals surface area (Å²) in [4.78, 5) is 8.61. The van der Waals surface area contributed by atoms with Gasteiger partial charge in [0.25, 0.3) is 0 Å². The number of benzene rings is 1. The van der Waals surface area contributed by atoms with Crippen molar-refractivity contribution in [1.29, 1.82) is 0 Å². The Morgan fingerprint density at radius 1 is 1.06 bits per heavy atom. The highest BCUT2D eigenvalue weighted by Gasteiger charge is 2.12. The normalized spacial score (nSPS) is 11.4. The lowest BCUT2D eigenvalue weighted by atomic mass is 10.2. The van der Waals surface area contributed by atoms with Gasteiger partial charge < -0.3 is 0 Å². The Balaban J connectivity index is 2.82. The fourth-order valence-electron chi connectivity index (χ4n) is 1.40. The number of rotatable bonds is 1. The minimum absolute atomic E-state index is 0.202. The minimum Gasteiger partial charge on any atom is -0.231 e. The zero-order valence-electron chi connectivity index (χ0n) is 8.76. The van der Waals surface area contributed by atoms with E-state index in [4.69, 9.17) is 34.8 Å². The van der Waals surface area contributed by atoms with Gasteiger partial charge in [-0.2, -0.15) is 0 Å². The summed E-state index contributed by atoms with van der Waals surface area (Å²) >= 11 is 18.1. The zero-order valence-corrected chi connectivity index (χ0v) is 11.0.